The molecular formula is C25H32N6O2. The molecule has 3 aromatic rings. The normalized spacial score (nSPS) is 16.0. The van der Waals surface area contributed by atoms with E-state index in [4.69, 9.17) is 4.74 Å². The van der Waals surface area contributed by atoms with E-state index in [1.165, 1.54) is 0 Å². The van der Waals surface area contributed by atoms with Crippen LogP contribution in [-0.4, -0.2) is 56.7 Å². The summed E-state index contributed by atoms with van der Waals surface area (Å²) in [6.45, 7) is 12.5. The number of fused-ring (bicyclic) bond motifs is 1. The van der Waals surface area contributed by atoms with Gasteiger partial charge in [-0.15, -0.1) is 0 Å². The highest BCUT2D eigenvalue weighted by atomic mass is 16.6. The van der Waals surface area contributed by atoms with E-state index in [1.54, 1.807) is 18.6 Å². The number of hydrogen-bond acceptors (Lipinski definition) is 7. The molecule has 0 aliphatic carbocycles. The van der Waals surface area contributed by atoms with E-state index in [0.29, 0.717) is 26.2 Å². The first-order valence-electron chi connectivity index (χ1n) is 11.3. The fraction of sp³-hybridized carbons (Fsp3) is 0.440. The van der Waals surface area contributed by atoms with Gasteiger partial charge in [-0.25, -0.2) is 4.79 Å². The molecule has 0 spiro atoms. The molecule has 33 heavy (non-hydrogen) atoms. The van der Waals surface area contributed by atoms with Crippen LogP contribution in [0, 0.1) is 0 Å². The summed E-state index contributed by atoms with van der Waals surface area (Å²) in [5, 5.41) is 3.53. The van der Waals surface area contributed by atoms with Crippen molar-refractivity contribution in [2.75, 3.05) is 29.9 Å². The first-order valence-corrected chi connectivity index (χ1v) is 11.3. The first-order chi connectivity index (χ1) is 15.6. The van der Waals surface area contributed by atoms with Gasteiger partial charge < -0.3 is 15.0 Å². The van der Waals surface area contributed by atoms with E-state index in [9.17, 15) is 4.79 Å². The summed E-state index contributed by atoms with van der Waals surface area (Å²) < 4.78 is 5.63. The molecular weight excluding hydrogens is 416 g/mol. The molecule has 1 fully saturated rings. The molecule has 1 aliphatic rings. The van der Waals surface area contributed by atoms with Crippen molar-refractivity contribution >= 4 is 28.5 Å². The number of pyridine rings is 1. The molecule has 1 aromatic carbocycles. The van der Waals surface area contributed by atoms with Crippen LogP contribution in [0.15, 0.2) is 49.1 Å². The van der Waals surface area contributed by atoms with Crippen molar-refractivity contribution in [1.29, 1.82) is 0 Å². The van der Waals surface area contributed by atoms with Crippen LogP contribution in [0.3, 0.4) is 0 Å². The quantitative estimate of drug-likeness (QED) is 0.630. The largest absolute Gasteiger partial charge is 0.444 e. The number of carbonyl (C=O) groups is 1. The minimum atomic E-state index is -0.513. The minimum Gasteiger partial charge on any atom is -0.444 e. The maximum Gasteiger partial charge on any atom is 0.410 e. The average Bonchev–Trinajstić information content (AvgIpc) is 2.75. The molecule has 1 saturated heterocycles. The highest BCUT2D eigenvalue weighted by molar-refractivity contribution is 5.75. The highest BCUT2D eigenvalue weighted by Crippen LogP contribution is 2.31. The smallest absolute Gasteiger partial charge is 0.410 e. The summed E-state index contributed by atoms with van der Waals surface area (Å²) in [6, 6.07) is 8.12. The zero-order valence-corrected chi connectivity index (χ0v) is 20.0. The lowest BCUT2D eigenvalue weighted by atomic mass is 9.98. The number of rotatable bonds is 4. The van der Waals surface area contributed by atoms with E-state index in [-0.39, 0.29) is 11.6 Å². The molecule has 1 N–H and O–H groups in total. The molecule has 1 amide bonds. The molecule has 0 unspecified atom stereocenters. The third kappa shape index (κ3) is 5.32. The molecule has 0 bridgehead atoms. The number of ether oxygens (including phenoxy) is 1. The van der Waals surface area contributed by atoms with Crippen LogP contribution in [0.4, 0.5) is 16.2 Å². The van der Waals surface area contributed by atoms with Crippen molar-refractivity contribution in [3.63, 3.8) is 0 Å². The van der Waals surface area contributed by atoms with E-state index in [2.05, 4.69) is 45.1 Å². The standard InChI is InChI=1S/C25H32N6O2/c1-24(2,3)33-23(32)31-13-12-30(17-25(31,4)5)22-8-9-26-16-21(22)29-15-18-6-7-19-20(14-18)28-11-10-27-19/h6-11,14,16,29H,12-13,15,17H2,1-5H3. The van der Waals surface area contributed by atoms with Gasteiger partial charge in [-0.05, 0) is 58.4 Å². The molecule has 0 saturated carbocycles. The second-order valence-electron chi connectivity index (χ2n) is 9.99. The van der Waals surface area contributed by atoms with Crippen molar-refractivity contribution < 1.29 is 9.53 Å². The Bertz CT molecular complexity index is 1140. The summed E-state index contributed by atoms with van der Waals surface area (Å²) in [4.78, 5) is 29.9. The number of amides is 1. The lowest BCUT2D eigenvalue weighted by Crippen LogP contribution is -2.62. The first kappa shape index (κ1) is 22.8. The van der Waals surface area contributed by atoms with Crippen molar-refractivity contribution in [2.45, 2.75) is 52.3 Å². The van der Waals surface area contributed by atoms with Crippen LogP contribution in [-0.2, 0) is 11.3 Å². The molecule has 0 radical (unpaired) electrons. The Hall–Kier alpha value is -3.42. The summed E-state index contributed by atoms with van der Waals surface area (Å²) in [5.41, 5.74) is 4.02. The van der Waals surface area contributed by atoms with Gasteiger partial charge in [0.05, 0.1) is 34.1 Å². The number of aromatic nitrogens is 3. The van der Waals surface area contributed by atoms with Gasteiger partial charge in [-0.1, -0.05) is 6.07 Å². The van der Waals surface area contributed by atoms with E-state index in [1.807, 2.05) is 50.1 Å². The Morgan fingerprint density at radius 2 is 1.85 bits per heavy atom. The Balaban J connectivity index is 1.47. The van der Waals surface area contributed by atoms with Gasteiger partial charge in [0.25, 0.3) is 0 Å². The van der Waals surface area contributed by atoms with E-state index in [0.717, 1.165) is 28.0 Å². The zero-order valence-electron chi connectivity index (χ0n) is 20.0. The van der Waals surface area contributed by atoms with Gasteiger partial charge in [0, 0.05) is 44.8 Å². The second kappa shape index (κ2) is 8.84. The molecule has 174 valence electrons. The van der Waals surface area contributed by atoms with Crippen LogP contribution in [0.1, 0.15) is 40.2 Å². The van der Waals surface area contributed by atoms with Gasteiger partial charge >= 0.3 is 6.09 Å². The number of carbonyl (C=O) groups excluding carboxylic acids is 1. The van der Waals surface area contributed by atoms with E-state index < -0.39 is 5.60 Å². The number of hydrogen-bond donors (Lipinski definition) is 1. The topological polar surface area (TPSA) is 83.5 Å². The SMILES string of the molecule is CC(C)(C)OC(=O)N1CCN(c2ccncc2NCc2ccc3nccnc3c2)CC1(C)C. The highest BCUT2D eigenvalue weighted by Gasteiger charge is 2.39. The zero-order chi connectivity index (χ0) is 23.6. The average molecular weight is 449 g/mol. The van der Waals surface area contributed by atoms with Gasteiger partial charge in [-0.3, -0.25) is 19.9 Å². The summed E-state index contributed by atoms with van der Waals surface area (Å²) in [6.07, 6.45) is 6.80. The molecule has 8 nitrogen and oxygen atoms in total. The van der Waals surface area contributed by atoms with Gasteiger partial charge in [-0.2, -0.15) is 0 Å². The number of piperazine rings is 1. The van der Waals surface area contributed by atoms with Crippen LogP contribution in [0.5, 0.6) is 0 Å². The van der Waals surface area contributed by atoms with Crippen molar-refractivity contribution in [3.8, 4) is 0 Å². The molecule has 8 heteroatoms. The van der Waals surface area contributed by atoms with Crippen molar-refractivity contribution in [3.05, 3.63) is 54.6 Å². The third-order valence-corrected chi connectivity index (χ3v) is 5.67. The summed E-state index contributed by atoms with van der Waals surface area (Å²) in [7, 11) is 0. The molecule has 0 atom stereocenters. The molecule has 4 rings (SSSR count). The Morgan fingerprint density at radius 3 is 2.58 bits per heavy atom. The van der Waals surface area contributed by atoms with E-state index >= 15 is 0 Å². The second-order valence-corrected chi connectivity index (χ2v) is 9.99. The number of anilines is 2. The monoisotopic (exact) mass is 448 g/mol. The maximum atomic E-state index is 12.7. The maximum absolute atomic E-state index is 12.7. The third-order valence-electron chi connectivity index (χ3n) is 5.67. The fourth-order valence-electron chi connectivity index (χ4n) is 4.13. The lowest BCUT2D eigenvalue weighted by molar-refractivity contribution is 0.000388. The number of nitrogens with one attached hydrogen (secondary N) is 1. The fourth-order valence-corrected chi connectivity index (χ4v) is 4.13. The summed E-state index contributed by atoms with van der Waals surface area (Å²) >= 11 is 0. The predicted octanol–water partition coefficient (Wildman–Crippen LogP) is 4.47. The van der Waals surface area contributed by atoms with Gasteiger partial charge in [0.2, 0.25) is 0 Å². The van der Waals surface area contributed by atoms with Crippen LogP contribution < -0.4 is 10.2 Å². The Kier molecular flexibility index (Phi) is 6.10. The van der Waals surface area contributed by atoms with Crippen LogP contribution in [0.25, 0.3) is 11.0 Å². The van der Waals surface area contributed by atoms with Gasteiger partial charge in [0.15, 0.2) is 0 Å². The van der Waals surface area contributed by atoms with Crippen LogP contribution >= 0.6 is 0 Å². The molecule has 3 heterocycles. The summed E-state index contributed by atoms with van der Waals surface area (Å²) in [5.74, 6) is 0. The van der Waals surface area contributed by atoms with Crippen molar-refractivity contribution in [1.82, 2.24) is 19.9 Å². The molecule has 1 aliphatic heterocycles. The van der Waals surface area contributed by atoms with Gasteiger partial charge in [0.1, 0.15) is 5.60 Å². The van der Waals surface area contributed by atoms with Crippen LogP contribution in [0.2, 0.25) is 0 Å². The number of nitrogens with zero attached hydrogens (tertiary/aromatic N) is 5. The predicted molar refractivity (Wildman–Crippen MR) is 130 cm³/mol. The van der Waals surface area contributed by atoms with Crippen molar-refractivity contribution in [2.24, 2.45) is 0 Å². The Labute approximate surface area is 195 Å². The molecule has 2 aromatic heterocycles. The number of benzene rings is 1. The minimum absolute atomic E-state index is 0.264. The lowest BCUT2D eigenvalue weighted by Gasteiger charge is -2.48. The Morgan fingerprint density at radius 1 is 1.09 bits per heavy atom.